The molecular weight excluding hydrogens is 204 g/mol. The Bertz CT molecular complexity index is 294. The number of hydrogen-bond acceptors (Lipinski definition) is 3. The number of nitrogens with two attached hydrogens (primary N) is 1. The maximum atomic E-state index is 5.91. The molecule has 1 atom stereocenters. The monoisotopic (exact) mass is 222 g/mol. The quantitative estimate of drug-likeness (QED) is 0.824. The molecule has 2 nitrogen and oxygen atoms in total. The van der Waals surface area contributed by atoms with E-state index in [0.29, 0.717) is 0 Å². The molecule has 1 saturated heterocycles. The molecule has 0 amide bonds. The van der Waals surface area contributed by atoms with E-state index in [2.05, 4.69) is 29.6 Å². The molecule has 15 heavy (non-hydrogen) atoms. The SMILES string of the molecule is NCC1(Nc2ccccc2)CCCSC1. The molecule has 3 N–H and O–H groups in total. The average Bonchev–Trinajstić information content (AvgIpc) is 2.32. The van der Waals surface area contributed by atoms with Crippen LogP contribution in [0.25, 0.3) is 0 Å². The van der Waals surface area contributed by atoms with Gasteiger partial charge in [-0.15, -0.1) is 0 Å². The lowest BCUT2D eigenvalue weighted by Crippen LogP contribution is -2.49. The maximum absolute atomic E-state index is 5.91. The van der Waals surface area contributed by atoms with Gasteiger partial charge < -0.3 is 11.1 Å². The van der Waals surface area contributed by atoms with Gasteiger partial charge in [-0.2, -0.15) is 11.8 Å². The van der Waals surface area contributed by atoms with Gasteiger partial charge in [0.1, 0.15) is 0 Å². The van der Waals surface area contributed by atoms with Crippen LogP contribution in [0.4, 0.5) is 5.69 Å². The topological polar surface area (TPSA) is 38.0 Å². The fourth-order valence-electron chi connectivity index (χ4n) is 1.99. The minimum Gasteiger partial charge on any atom is -0.377 e. The highest BCUT2D eigenvalue weighted by atomic mass is 32.2. The number of hydrogen-bond donors (Lipinski definition) is 2. The van der Waals surface area contributed by atoms with Crippen molar-refractivity contribution in [2.45, 2.75) is 18.4 Å². The fraction of sp³-hybridized carbons (Fsp3) is 0.500. The number of rotatable bonds is 3. The Morgan fingerprint density at radius 1 is 1.33 bits per heavy atom. The van der Waals surface area contributed by atoms with Crippen molar-refractivity contribution in [3.8, 4) is 0 Å². The van der Waals surface area contributed by atoms with Gasteiger partial charge in [-0.1, -0.05) is 18.2 Å². The Labute approximate surface area is 95.6 Å². The van der Waals surface area contributed by atoms with Crippen LogP contribution in [0.2, 0.25) is 0 Å². The normalized spacial score (nSPS) is 26.2. The molecule has 1 aliphatic heterocycles. The molecule has 1 heterocycles. The lowest BCUT2D eigenvalue weighted by atomic mass is 9.95. The number of benzene rings is 1. The molecule has 1 aromatic carbocycles. The first-order valence-corrected chi connectivity index (χ1v) is 6.61. The number of thioether (sulfide) groups is 1. The molecule has 3 heteroatoms. The van der Waals surface area contributed by atoms with Crippen molar-refractivity contribution in [1.82, 2.24) is 0 Å². The Hall–Kier alpha value is -0.670. The van der Waals surface area contributed by atoms with Crippen molar-refractivity contribution in [3.05, 3.63) is 30.3 Å². The van der Waals surface area contributed by atoms with Crippen molar-refractivity contribution in [1.29, 1.82) is 0 Å². The van der Waals surface area contributed by atoms with Crippen LogP contribution in [0.1, 0.15) is 12.8 Å². The van der Waals surface area contributed by atoms with Gasteiger partial charge in [-0.05, 0) is 30.7 Å². The van der Waals surface area contributed by atoms with E-state index >= 15 is 0 Å². The predicted molar refractivity (Wildman–Crippen MR) is 68.4 cm³/mol. The fourth-order valence-corrected chi connectivity index (χ4v) is 3.21. The van der Waals surface area contributed by atoms with Crippen LogP contribution >= 0.6 is 11.8 Å². The summed E-state index contributed by atoms with van der Waals surface area (Å²) in [6.07, 6.45) is 2.45. The molecule has 1 unspecified atom stereocenters. The second-order valence-electron chi connectivity index (χ2n) is 4.13. The maximum Gasteiger partial charge on any atom is 0.0586 e. The molecule has 0 aliphatic carbocycles. The summed E-state index contributed by atoms with van der Waals surface area (Å²) in [5.74, 6) is 2.40. The van der Waals surface area contributed by atoms with Gasteiger partial charge in [0.25, 0.3) is 0 Å². The molecule has 2 rings (SSSR count). The van der Waals surface area contributed by atoms with Gasteiger partial charge in [-0.25, -0.2) is 0 Å². The van der Waals surface area contributed by atoms with Crippen LogP contribution < -0.4 is 11.1 Å². The summed E-state index contributed by atoms with van der Waals surface area (Å²) in [6.45, 7) is 0.717. The van der Waals surface area contributed by atoms with Crippen LogP contribution in [0.3, 0.4) is 0 Å². The summed E-state index contributed by atoms with van der Waals surface area (Å²) in [5, 5.41) is 3.60. The third-order valence-electron chi connectivity index (χ3n) is 2.90. The van der Waals surface area contributed by atoms with E-state index < -0.39 is 0 Å². The first kappa shape index (κ1) is 10.8. The van der Waals surface area contributed by atoms with Crippen LogP contribution in [0.5, 0.6) is 0 Å². The smallest absolute Gasteiger partial charge is 0.0586 e. The Balaban J connectivity index is 2.07. The first-order valence-electron chi connectivity index (χ1n) is 5.46. The summed E-state index contributed by atoms with van der Waals surface area (Å²) in [4.78, 5) is 0. The first-order chi connectivity index (χ1) is 7.35. The molecule has 0 bridgehead atoms. The zero-order valence-electron chi connectivity index (χ0n) is 8.91. The van der Waals surface area contributed by atoms with Gasteiger partial charge in [0.05, 0.1) is 5.54 Å². The van der Waals surface area contributed by atoms with E-state index in [1.807, 2.05) is 17.8 Å². The van der Waals surface area contributed by atoms with Crippen molar-refractivity contribution in [3.63, 3.8) is 0 Å². The summed E-state index contributed by atoms with van der Waals surface area (Å²) in [7, 11) is 0. The van der Waals surface area contributed by atoms with E-state index in [4.69, 9.17) is 5.73 Å². The van der Waals surface area contributed by atoms with Crippen molar-refractivity contribution in [2.24, 2.45) is 5.73 Å². The summed E-state index contributed by atoms with van der Waals surface area (Å²) in [6, 6.07) is 10.4. The molecule has 1 aliphatic rings. The highest BCUT2D eigenvalue weighted by Crippen LogP contribution is 2.29. The molecule has 1 fully saturated rings. The zero-order chi connectivity index (χ0) is 10.6. The zero-order valence-corrected chi connectivity index (χ0v) is 9.72. The summed E-state index contributed by atoms with van der Waals surface area (Å²) in [5.41, 5.74) is 7.21. The van der Waals surface area contributed by atoms with E-state index in [1.54, 1.807) is 0 Å². The van der Waals surface area contributed by atoms with Gasteiger partial charge in [0.2, 0.25) is 0 Å². The molecule has 1 aromatic rings. The minimum atomic E-state index is 0.115. The standard InChI is InChI=1S/C12H18N2S/c13-9-12(7-4-8-15-10-12)14-11-5-2-1-3-6-11/h1-3,5-6,14H,4,7-10,13H2. The highest BCUT2D eigenvalue weighted by Gasteiger charge is 2.30. The predicted octanol–water partition coefficient (Wildman–Crippen LogP) is 2.32. The molecule has 0 aromatic heterocycles. The second kappa shape index (κ2) is 4.90. The Morgan fingerprint density at radius 2 is 2.13 bits per heavy atom. The highest BCUT2D eigenvalue weighted by molar-refractivity contribution is 7.99. The number of nitrogens with one attached hydrogen (secondary N) is 1. The minimum absolute atomic E-state index is 0.115. The van der Waals surface area contributed by atoms with E-state index in [-0.39, 0.29) is 5.54 Å². The summed E-state index contributed by atoms with van der Waals surface area (Å²) >= 11 is 2.00. The van der Waals surface area contributed by atoms with Crippen molar-refractivity contribution in [2.75, 3.05) is 23.4 Å². The molecule has 0 spiro atoms. The Kier molecular flexibility index (Phi) is 3.54. The van der Waals surface area contributed by atoms with Gasteiger partial charge in [-0.3, -0.25) is 0 Å². The van der Waals surface area contributed by atoms with Crippen molar-refractivity contribution >= 4 is 17.4 Å². The van der Waals surface area contributed by atoms with Gasteiger partial charge in [0.15, 0.2) is 0 Å². The van der Waals surface area contributed by atoms with E-state index in [0.717, 1.165) is 12.3 Å². The van der Waals surface area contributed by atoms with Gasteiger partial charge >= 0.3 is 0 Å². The average molecular weight is 222 g/mol. The van der Waals surface area contributed by atoms with E-state index in [9.17, 15) is 0 Å². The molecule has 0 saturated carbocycles. The molecular formula is C12H18N2S. The third-order valence-corrected chi connectivity index (χ3v) is 4.23. The van der Waals surface area contributed by atoms with E-state index in [1.165, 1.54) is 24.3 Å². The second-order valence-corrected chi connectivity index (χ2v) is 5.24. The van der Waals surface area contributed by atoms with Crippen LogP contribution in [-0.4, -0.2) is 23.6 Å². The lowest BCUT2D eigenvalue weighted by Gasteiger charge is -2.37. The van der Waals surface area contributed by atoms with Gasteiger partial charge in [0, 0.05) is 18.0 Å². The van der Waals surface area contributed by atoms with Crippen molar-refractivity contribution < 1.29 is 0 Å². The number of para-hydroxylation sites is 1. The molecule has 82 valence electrons. The van der Waals surface area contributed by atoms with Crippen LogP contribution in [0.15, 0.2) is 30.3 Å². The third kappa shape index (κ3) is 2.67. The Morgan fingerprint density at radius 3 is 2.73 bits per heavy atom. The van der Waals surface area contributed by atoms with Crippen LogP contribution in [0, 0.1) is 0 Å². The molecule has 0 radical (unpaired) electrons. The number of anilines is 1. The summed E-state index contributed by atoms with van der Waals surface area (Å²) < 4.78 is 0. The largest absolute Gasteiger partial charge is 0.377 e. The lowest BCUT2D eigenvalue weighted by molar-refractivity contribution is 0.476. The van der Waals surface area contributed by atoms with Crippen LogP contribution in [-0.2, 0) is 0 Å².